The number of amides is 1. The predicted octanol–water partition coefficient (Wildman–Crippen LogP) is 1.48. The van der Waals surface area contributed by atoms with Crippen LogP contribution < -0.4 is 5.32 Å². The summed E-state index contributed by atoms with van der Waals surface area (Å²) in [7, 11) is 0. The maximum Gasteiger partial charge on any atom is 0.247 e. The van der Waals surface area contributed by atoms with Gasteiger partial charge in [0.15, 0.2) is 0 Å². The first-order chi connectivity index (χ1) is 6.25. The predicted molar refractivity (Wildman–Crippen MR) is 50.5 cm³/mol. The zero-order valence-corrected chi connectivity index (χ0v) is 8.47. The highest BCUT2D eigenvalue weighted by Crippen LogP contribution is 2.45. The summed E-state index contributed by atoms with van der Waals surface area (Å²) >= 11 is 3.47. The van der Waals surface area contributed by atoms with Crippen molar-refractivity contribution in [1.29, 1.82) is 0 Å². The molecule has 4 nitrogen and oxygen atoms in total. The molecule has 0 atom stereocenters. The fourth-order valence-electron chi connectivity index (χ4n) is 1.62. The fourth-order valence-corrected chi connectivity index (χ4v) is 2.32. The summed E-state index contributed by atoms with van der Waals surface area (Å²) < 4.78 is 2.71. The van der Waals surface area contributed by atoms with E-state index in [9.17, 15) is 4.79 Å². The lowest BCUT2D eigenvalue weighted by molar-refractivity contribution is -0.116. The van der Waals surface area contributed by atoms with Crippen LogP contribution in [0.15, 0.2) is 4.47 Å². The van der Waals surface area contributed by atoms with E-state index < -0.39 is 0 Å². The molecule has 13 heavy (non-hydrogen) atoms. The Balaban J connectivity index is 2.08. The number of nitrogens with zero attached hydrogens (tertiary/aromatic N) is 2. The van der Waals surface area contributed by atoms with Crippen LogP contribution >= 0.6 is 15.9 Å². The molecule has 1 aliphatic heterocycles. The van der Waals surface area contributed by atoms with Crippen molar-refractivity contribution in [3.05, 3.63) is 10.2 Å². The second kappa shape index (κ2) is 2.35. The highest BCUT2D eigenvalue weighted by Gasteiger charge is 2.33. The van der Waals surface area contributed by atoms with E-state index in [0.717, 1.165) is 16.0 Å². The summed E-state index contributed by atoms with van der Waals surface area (Å²) in [5, 5.41) is 7.17. The van der Waals surface area contributed by atoms with Gasteiger partial charge in [-0.3, -0.25) is 4.79 Å². The number of nitrogens with one attached hydrogen (secondary N) is 1. The molecule has 1 saturated carbocycles. The quantitative estimate of drug-likeness (QED) is 0.810. The third-order valence-electron chi connectivity index (χ3n) is 2.43. The van der Waals surface area contributed by atoms with Crippen molar-refractivity contribution < 1.29 is 4.79 Å². The molecule has 1 amide bonds. The monoisotopic (exact) mass is 241 g/mol. The molecular weight excluding hydrogens is 234 g/mol. The van der Waals surface area contributed by atoms with Gasteiger partial charge in [0.1, 0.15) is 12.4 Å². The zero-order valence-electron chi connectivity index (χ0n) is 6.88. The largest absolute Gasteiger partial charge is 0.308 e. The fraction of sp³-hybridized carbons (Fsp3) is 0.500. The van der Waals surface area contributed by atoms with Crippen LogP contribution in [0.25, 0.3) is 0 Å². The van der Waals surface area contributed by atoms with E-state index in [1.807, 2.05) is 0 Å². The van der Waals surface area contributed by atoms with Gasteiger partial charge in [-0.25, -0.2) is 4.68 Å². The summed E-state index contributed by atoms with van der Waals surface area (Å²) in [5.74, 6) is 1.46. The average molecular weight is 242 g/mol. The molecule has 2 aliphatic rings. The minimum Gasteiger partial charge on any atom is -0.308 e. The van der Waals surface area contributed by atoms with Crippen LogP contribution in [-0.4, -0.2) is 15.7 Å². The Morgan fingerprint density at radius 3 is 2.92 bits per heavy atom. The molecule has 1 N–H and O–H groups in total. The number of carbonyl (C=O) groups excluding carboxylic acids is 1. The number of hydrogen-bond acceptors (Lipinski definition) is 2. The molecule has 3 rings (SSSR count). The summed E-state index contributed by atoms with van der Waals surface area (Å²) in [6.07, 6.45) is 2.45. The van der Waals surface area contributed by atoms with Crippen molar-refractivity contribution in [3.63, 3.8) is 0 Å². The lowest BCUT2D eigenvalue weighted by Gasteiger charge is -1.93. The van der Waals surface area contributed by atoms with E-state index >= 15 is 0 Å². The topological polar surface area (TPSA) is 46.9 Å². The molecule has 1 aliphatic carbocycles. The molecule has 2 heterocycles. The van der Waals surface area contributed by atoms with E-state index in [-0.39, 0.29) is 5.91 Å². The highest BCUT2D eigenvalue weighted by atomic mass is 79.9. The van der Waals surface area contributed by atoms with E-state index in [2.05, 4.69) is 26.3 Å². The van der Waals surface area contributed by atoms with Gasteiger partial charge in [0, 0.05) is 5.92 Å². The summed E-state index contributed by atoms with van der Waals surface area (Å²) in [4.78, 5) is 11.0. The third kappa shape index (κ3) is 1.03. The van der Waals surface area contributed by atoms with Crippen molar-refractivity contribution >= 4 is 27.7 Å². The summed E-state index contributed by atoms with van der Waals surface area (Å²) in [5.41, 5.74) is 1.11. The van der Waals surface area contributed by atoms with Crippen LogP contribution in [0.5, 0.6) is 0 Å². The molecule has 1 aromatic rings. The number of aromatic nitrogens is 2. The van der Waals surface area contributed by atoms with Crippen molar-refractivity contribution in [3.8, 4) is 0 Å². The average Bonchev–Trinajstić information content (AvgIpc) is 2.79. The molecular formula is C8H8BrN3O. The first-order valence-electron chi connectivity index (χ1n) is 4.32. The van der Waals surface area contributed by atoms with E-state index in [4.69, 9.17) is 0 Å². The van der Waals surface area contributed by atoms with Crippen molar-refractivity contribution in [2.75, 3.05) is 5.32 Å². The van der Waals surface area contributed by atoms with Crippen molar-refractivity contribution in [2.24, 2.45) is 0 Å². The second-order valence-corrected chi connectivity index (χ2v) is 4.32. The standard InChI is InChI=1S/C8H8BrN3O/c9-6-7(4-1-2-4)11-12-3-5(13)10-8(6)12/h4H,1-3H2,(H,10,13). The molecule has 5 heteroatoms. The molecule has 0 spiro atoms. The molecule has 0 radical (unpaired) electrons. The lowest BCUT2D eigenvalue weighted by Crippen LogP contribution is -2.07. The Morgan fingerprint density at radius 2 is 2.31 bits per heavy atom. The number of anilines is 1. The Hall–Kier alpha value is -0.840. The van der Waals surface area contributed by atoms with Crippen LogP contribution in [0.2, 0.25) is 0 Å². The second-order valence-electron chi connectivity index (χ2n) is 3.53. The zero-order chi connectivity index (χ0) is 9.00. The smallest absolute Gasteiger partial charge is 0.247 e. The molecule has 0 unspecified atom stereocenters. The Bertz CT molecular complexity index is 394. The highest BCUT2D eigenvalue weighted by molar-refractivity contribution is 9.10. The summed E-state index contributed by atoms with van der Waals surface area (Å²) in [6, 6.07) is 0. The molecule has 1 aromatic heterocycles. The first-order valence-corrected chi connectivity index (χ1v) is 5.11. The normalized spacial score (nSPS) is 20.2. The molecule has 0 saturated heterocycles. The minimum absolute atomic E-state index is 0.0190. The van der Waals surface area contributed by atoms with Gasteiger partial charge < -0.3 is 5.32 Å². The van der Waals surface area contributed by atoms with Gasteiger partial charge in [0.05, 0.1) is 10.2 Å². The van der Waals surface area contributed by atoms with Crippen molar-refractivity contribution in [2.45, 2.75) is 25.3 Å². The maximum absolute atomic E-state index is 11.0. The summed E-state index contributed by atoms with van der Waals surface area (Å²) in [6.45, 7) is 0.362. The van der Waals surface area contributed by atoms with Crippen LogP contribution in [0.3, 0.4) is 0 Å². The van der Waals surface area contributed by atoms with Crippen molar-refractivity contribution in [1.82, 2.24) is 9.78 Å². The number of halogens is 1. The van der Waals surface area contributed by atoms with Crippen LogP contribution in [0, 0.1) is 0 Å². The molecule has 1 fully saturated rings. The van der Waals surface area contributed by atoms with Gasteiger partial charge in [0.25, 0.3) is 0 Å². The van der Waals surface area contributed by atoms with Gasteiger partial charge in [0.2, 0.25) is 5.91 Å². The van der Waals surface area contributed by atoms with E-state index in [1.54, 1.807) is 4.68 Å². The third-order valence-corrected chi connectivity index (χ3v) is 3.22. The lowest BCUT2D eigenvalue weighted by atomic mass is 10.3. The number of fused-ring (bicyclic) bond motifs is 1. The van der Waals surface area contributed by atoms with Crippen LogP contribution in [-0.2, 0) is 11.3 Å². The molecule has 68 valence electrons. The molecule has 0 bridgehead atoms. The van der Waals surface area contributed by atoms with Gasteiger partial charge >= 0.3 is 0 Å². The van der Waals surface area contributed by atoms with Gasteiger partial charge in [-0.1, -0.05) is 0 Å². The minimum atomic E-state index is 0.0190. The van der Waals surface area contributed by atoms with E-state index in [0.29, 0.717) is 12.5 Å². The maximum atomic E-state index is 11.0. The number of rotatable bonds is 1. The number of carbonyl (C=O) groups is 1. The van der Waals surface area contributed by atoms with Gasteiger partial charge in [-0.05, 0) is 28.8 Å². The Morgan fingerprint density at radius 1 is 1.54 bits per heavy atom. The van der Waals surface area contributed by atoms with E-state index in [1.165, 1.54) is 12.8 Å². The first kappa shape index (κ1) is 7.55. The number of hydrogen-bond donors (Lipinski definition) is 1. The molecule has 0 aromatic carbocycles. The van der Waals surface area contributed by atoms with Gasteiger partial charge in [-0.2, -0.15) is 5.10 Å². The Labute approximate surface area is 83.4 Å². The van der Waals surface area contributed by atoms with Crippen LogP contribution in [0.4, 0.5) is 5.82 Å². The SMILES string of the molecule is O=C1Cn2nc(C3CC3)c(Br)c2N1. The Kier molecular flexibility index (Phi) is 1.36. The van der Waals surface area contributed by atoms with Gasteiger partial charge in [-0.15, -0.1) is 0 Å². The van der Waals surface area contributed by atoms with Crippen LogP contribution in [0.1, 0.15) is 24.5 Å².